The van der Waals surface area contributed by atoms with E-state index in [0.29, 0.717) is 5.56 Å². The molecule has 0 heterocycles. The summed E-state index contributed by atoms with van der Waals surface area (Å²) < 4.78 is 0. The van der Waals surface area contributed by atoms with Gasteiger partial charge < -0.3 is 15.1 Å². The van der Waals surface area contributed by atoms with E-state index in [9.17, 15) is 15.0 Å². The number of hydrogen-bond donors (Lipinski definition) is 2. The van der Waals surface area contributed by atoms with E-state index in [-0.39, 0.29) is 23.4 Å². The maximum atomic E-state index is 12.3. The summed E-state index contributed by atoms with van der Waals surface area (Å²) >= 11 is 0. The normalized spacial score (nSPS) is 23.1. The van der Waals surface area contributed by atoms with Gasteiger partial charge in [0.25, 0.3) is 5.91 Å². The maximum Gasteiger partial charge on any atom is 0.254 e. The molecule has 1 aromatic carbocycles. The van der Waals surface area contributed by atoms with Crippen LogP contribution in [0.2, 0.25) is 0 Å². The fourth-order valence-electron chi connectivity index (χ4n) is 2.72. The summed E-state index contributed by atoms with van der Waals surface area (Å²) in [6, 6.07) is 4.26. The first-order valence-corrected chi connectivity index (χ1v) is 6.77. The molecule has 1 aliphatic rings. The molecule has 19 heavy (non-hydrogen) atoms. The summed E-state index contributed by atoms with van der Waals surface area (Å²) in [6.45, 7) is 2.24. The van der Waals surface area contributed by atoms with Crippen LogP contribution in [0.3, 0.4) is 0 Å². The smallest absolute Gasteiger partial charge is 0.254 e. The zero-order valence-electron chi connectivity index (χ0n) is 11.5. The molecule has 0 saturated heterocycles. The van der Waals surface area contributed by atoms with E-state index in [1.54, 1.807) is 11.9 Å². The fraction of sp³-hybridized carbons (Fsp3) is 0.533. The third-order valence-corrected chi connectivity index (χ3v) is 4.00. The second-order valence-electron chi connectivity index (χ2n) is 5.57. The SMILES string of the molecule is CC1CCC(N(C)C(=O)c2cc(O)cc(O)c2)CC1. The van der Waals surface area contributed by atoms with Gasteiger partial charge in [-0.05, 0) is 43.7 Å². The van der Waals surface area contributed by atoms with Gasteiger partial charge in [-0.25, -0.2) is 0 Å². The molecule has 0 aliphatic heterocycles. The number of phenolic OH excluding ortho intramolecular Hbond substituents is 2. The third kappa shape index (κ3) is 3.19. The first-order chi connectivity index (χ1) is 8.97. The predicted molar refractivity (Wildman–Crippen MR) is 73.3 cm³/mol. The van der Waals surface area contributed by atoms with Crippen molar-refractivity contribution in [3.8, 4) is 11.5 Å². The summed E-state index contributed by atoms with van der Waals surface area (Å²) in [7, 11) is 1.80. The number of carbonyl (C=O) groups is 1. The van der Waals surface area contributed by atoms with E-state index in [1.165, 1.54) is 18.2 Å². The molecule has 0 spiro atoms. The van der Waals surface area contributed by atoms with Crippen LogP contribution in [0.5, 0.6) is 11.5 Å². The molecule has 1 aromatic rings. The number of benzene rings is 1. The lowest BCUT2D eigenvalue weighted by Gasteiger charge is -2.33. The molecule has 4 heteroatoms. The zero-order chi connectivity index (χ0) is 14.0. The quantitative estimate of drug-likeness (QED) is 0.862. The largest absolute Gasteiger partial charge is 0.508 e. The number of amides is 1. The molecule has 0 atom stereocenters. The Balaban J connectivity index is 2.10. The van der Waals surface area contributed by atoms with E-state index in [0.717, 1.165) is 31.6 Å². The molecule has 4 nitrogen and oxygen atoms in total. The van der Waals surface area contributed by atoms with Gasteiger partial charge in [-0.15, -0.1) is 0 Å². The summed E-state index contributed by atoms with van der Waals surface area (Å²) in [6.07, 6.45) is 4.34. The highest BCUT2D eigenvalue weighted by atomic mass is 16.3. The van der Waals surface area contributed by atoms with Crippen LogP contribution >= 0.6 is 0 Å². The Hall–Kier alpha value is -1.71. The van der Waals surface area contributed by atoms with Crippen molar-refractivity contribution in [1.29, 1.82) is 0 Å². The van der Waals surface area contributed by atoms with Crippen molar-refractivity contribution in [2.24, 2.45) is 5.92 Å². The molecule has 0 unspecified atom stereocenters. The highest BCUT2D eigenvalue weighted by Gasteiger charge is 2.25. The number of phenols is 2. The van der Waals surface area contributed by atoms with Gasteiger partial charge >= 0.3 is 0 Å². The van der Waals surface area contributed by atoms with Crippen molar-refractivity contribution < 1.29 is 15.0 Å². The first kappa shape index (κ1) is 13.7. The standard InChI is InChI=1S/C15H21NO3/c1-10-3-5-12(6-4-10)16(2)15(19)11-7-13(17)9-14(18)8-11/h7-10,12,17-18H,3-6H2,1-2H3. The van der Waals surface area contributed by atoms with Crippen molar-refractivity contribution >= 4 is 5.91 Å². The van der Waals surface area contributed by atoms with Crippen molar-refractivity contribution in [3.63, 3.8) is 0 Å². The highest BCUT2D eigenvalue weighted by Crippen LogP contribution is 2.28. The topological polar surface area (TPSA) is 60.8 Å². The Morgan fingerprint density at radius 1 is 1.11 bits per heavy atom. The fourth-order valence-corrected chi connectivity index (χ4v) is 2.72. The molecule has 1 amide bonds. The van der Waals surface area contributed by atoms with Crippen molar-refractivity contribution in [3.05, 3.63) is 23.8 Å². The van der Waals surface area contributed by atoms with Gasteiger partial charge in [-0.1, -0.05) is 6.92 Å². The Morgan fingerprint density at radius 3 is 2.16 bits per heavy atom. The number of carbonyl (C=O) groups excluding carboxylic acids is 1. The van der Waals surface area contributed by atoms with E-state index in [4.69, 9.17) is 0 Å². The second-order valence-corrected chi connectivity index (χ2v) is 5.57. The minimum atomic E-state index is -0.147. The van der Waals surface area contributed by atoms with Gasteiger partial charge in [0.15, 0.2) is 0 Å². The van der Waals surface area contributed by atoms with Crippen LogP contribution in [0, 0.1) is 5.92 Å². The van der Waals surface area contributed by atoms with Gasteiger partial charge in [0.05, 0.1) is 0 Å². The molecular formula is C15H21NO3. The molecule has 0 aromatic heterocycles. The summed E-state index contributed by atoms with van der Waals surface area (Å²) in [5, 5.41) is 18.9. The van der Waals surface area contributed by atoms with Crippen LogP contribution in [0.15, 0.2) is 18.2 Å². The average Bonchev–Trinajstić information content (AvgIpc) is 2.37. The Labute approximate surface area is 113 Å². The number of aromatic hydroxyl groups is 2. The van der Waals surface area contributed by atoms with Crippen molar-refractivity contribution in [2.75, 3.05) is 7.05 Å². The van der Waals surface area contributed by atoms with Gasteiger partial charge in [-0.2, -0.15) is 0 Å². The van der Waals surface area contributed by atoms with Crippen LogP contribution in [-0.2, 0) is 0 Å². The molecule has 1 fully saturated rings. The Kier molecular flexibility index (Phi) is 3.98. The number of rotatable bonds is 2. The van der Waals surface area contributed by atoms with Gasteiger partial charge in [0.2, 0.25) is 0 Å². The summed E-state index contributed by atoms with van der Waals surface area (Å²) in [5.41, 5.74) is 0.332. The average molecular weight is 263 g/mol. The minimum Gasteiger partial charge on any atom is -0.508 e. The lowest BCUT2D eigenvalue weighted by molar-refractivity contribution is 0.0678. The molecule has 0 bridgehead atoms. The molecule has 104 valence electrons. The van der Waals surface area contributed by atoms with Crippen LogP contribution in [-0.4, -0.2) is 34.1 Å². The number of nitrogens with zero attached hydrogens (tertiary/aromatic N) is 1. The van der Waals surface area contributed by atoms with Crippen LogP contribution in [0.25, 0.3) is 0 Å². The predicted octanol–water partition coefficient (Wildman–Crippen LogP) is 2.75. The second kappa shape index (κ2) is 5.51. The van der Waals surface area contributed by atoms with Crippen LogP contribution < -0.4 is 0 Å². The monoisotopic (exact) mass is 263 g/mol. The van der Waals surface area contributed by atoms with E-state index < -0.39 is 0 Å². The van der Waals surface area contributed by atoms with Crippen LogP contribution in [0.4, 0.5) is 0 Å². The summed E-state index contributed by atoms with van der Waals surface area (Å²) in [4.78, 5) is 14.1. The van der Waals surface area contributed by atoms with Crippen molar-refractivity contribution in [2.45, 2.75) is 38.6 Å². The van der Waals surface area contributed by atoms with E-state index in [1.807, 2.05) is 0 Å². The highest BCUT2D eigenvalue weighted by molar-refractivity contribution is 5.95. The van der Waals surface area contributed by atoms with Gasteiger partial charge in [0.1, 0.15) is 11.5 Å². The molecular weight excluding hydrogens is 242 g/mol. The molecule has 0 radical (unpaired) electrons. The molecule has 2 N–H and O–H groups in total. The third-order valence-electron chi connectivity index (χ3n) is 4.00. The van der Waals surface area contributed by atoms with Gasteiger partial charge in [-0.3, -0.25) is 4.79 Å². The lowest BCUT2D eigenvalue weighted by atomic mass is 9.86. The molecule has 2 rings (SSSR count). The summed E-state index contributed by atoms with van der Waals surface area (Å²) in [5.74, 6) is 0.415. The maximum absolute atomic E-state index is 12.3. The minimum absolute atomic E-state index is 0.0889. The van der Waals surface area contributed by atoms with Crippen LogP contribution in [0.1, 0.15) is 43.0 Å². The van der Waals surface area contributed by atoms with E-state index in [2.05, 4.69) is 6.92 Å². The molecule has 1 aliphatic carbocycles. The molecule has 1 saturated carbocycles. The Bertz CT molecular complexity index is 444. The number of hydrogen-bond acceptors (Lipinski definition) is 3. The lowest BCUT2D eigenvalue weighted by Crippen LogP contribution is -2.39. The van der Waals surface area contributed by atoms with Crippen molar-refractivity contribution in [1.82, 2.24) is 4.90 Å². The Morgan fingerprint density at radius 2 is 1.63 bits per heavy atom. The first-order valence-electron chi connectivity index (χ1n) is 6.77. The zero-order valence-corrected chi connectivity index (χ0v) is 11.5. The van der Waals surface area contributed by atoms with E-state index >= 15 is 0 Å². The van der Waals surface area contributed by atoms with Gasteiger partial charge in [0, 0.05) is 24.7 Å².